The fourth-order valence-corrected chi connectivity index (χ4v) is 3.70. The lowest BCUT2D eigenvalue weighted by Crippen LogP contribution is -2.43. The molecule has 0 aromatic rings. The summed E-state index contributed by atoms with van der Waals surface area (Å²) in [7, 11) is 0. The molecule has 1 saturated carbocycles. The second kappa shape index (κ2) is 8.50. The van der Waals surface area contributed by atoms with Crippen LogP contribution < -0.4 is 16.0 Å². The van der Waals surface area contributed by atoms with E-state index >= 15 is 0 Å². The Balaban J connectivity index is 1.61. The molecule has 20 heavy (non-hydrogen) atoms. The lowest BCUT2D eigenvalue weighted by atomic mass is 9.78. The normalized spacial score (nSPS) is 28.1. The van der Waals surface area contributed by atoms with Crippen LogP contribution in [0.2, 0.25) is 0 Å². The Labute approximate surface area is 123 Å². The first-order chi connectivity index (χ1) is 9.79. The lowest BCUT2D eigenvalue weighted by molar-refractivity contribution is 0.210. The van der Waals surface area contributed by atoms with Crippen LogP contribution in [0, 0.1) is 17.8 Å². The molecule has 2 atom stereocenters. The Kier molecular flexibility index (Phi) is 6.64. The Morgan fingerprint density at radius 1 is 1.00 bits per heavy atom. The van der Waals surface area contributed by atoms with Crippen molar-refractivity contribution < 1.29 is 4.79 Å². The lowest BCUT2D eigenvalue weighted by Gasteiger charge is -2.31. The molecule has 1 heterocycles. The van der Waals surface area contributed by atoms with Crippen molar-refractivity contribution in [3.05, 3.63) is 0 Å². The topological polar surface area (TPSA) is 53.2 Å². The summed E-state index contributed by atoms with van der Waals surface area (Å²) in [6.45, 7) is 6.15. The number of piperidine rings is 1. The van der Waals surface area contributed by atoms with Crippen molar-refractivity contribution in [2.75, 3.05) is 26.2 Å². The van der Waals surface area contributed by atoms with Crippen molar-refractivity contribution in [3.63, 3.8) is 0 Å². The molecule has 0 spiro atoms. The fraction of sp³-hybridized carbons (Fsp3) is 0.938. The molecule has 2 rings (SSSR count). The van der Waals surface area contributed by atoms with E-state index in [1.165, 1.54) is 44.9 Å². The van der Waals surface area contributed by atoms with E-state index < -0.39 is 0 Å². The van der Waals surface area contributed by atoms with Crippen molar-refractivity contribution in [1.29, 1.82) is 0 Å². The molecular formula is C16H31N3O. The molecule has 2 unspecified atom stereocenters. The molecule has 1 aliphatic heterocycles. The first-order valence-corrected chi connectivity index (χ1v) is 8.52. The minimum atomic E-state index is 0.0314. The standard InChI is InChI=1S/C16H31N3O/c1-2-14-5-3-4-6-15(14)12-19-16(20)18-11-13-7-9-17-10-8-13/h13-15,17H,2-12H2,1H3,(H2,18,19,20). The highest BCUT2D eigenvalue weighted by molar-refractivity contribution is 5.73. The van der Waals surface area contributed by atoms with Crippen LogP contribution in [0.15, 0.2) is 0 Å². The highest BCUT2D eigenvalue weighted by Crippen LogP contribution is 2.31. The molecule has 1 aliphatic carbocycles. The molecule has 4 nitrogen and oxygen atoms in total. The van der Waals surface area contributed by atoms with Crippen molar-refractivity contribution in [1.82, 2.24) is 16.0 Å². The molecule has 4 heteroatoms. The van der Waals surface area contributed by atoms with E-state index in [1.807, 2.05) is 0 Å². The average molecular weight is 281 g/mol. The van der Waals surface area contributed by atoms with Crippen LogP contribution in [0.5, 0.6) is 0 Å². The number of hydrogen-bond acceptors (Lipinski definition) is 2. The molecule has 0 radical (unpaired) electrons. The van der Waals surface area contributed by atoms with Gasteiger partial charge in [-0.1, -0.05) is 32.6 Å². The van der Waals surface area contributed by atoms with Gasteiger partial charge in [-0.05, 0) is 50.1 Å². The minimum Gasteiger partial charge on any atom is -0.338 e. The van der Waals surface area contributed by atoms with Crippen molar-refractivity contribution in [2.24, 2.45) is 17.8 Å². The van der Waals surface area contributed by atoms with Gasteiger partial charge in [0.15, 0.2) is 0 Å². The summed E-state index contributed by atoms with van der Waals surface area (Å²) >= 11 is 0. The first kappa shape index (κ1) is 15.6. The molecule has 2 aliphatic rings. The summed E-state index contributed by atoms with van der Waals surface area (Å²) < 4.78 is 0. The van der Waals surface area contributed by atoms with Gasteiger partial charge in [0.25, 0.3) is 0 Å². The van der Waals surface area contributed by atoms with Gasteiger partial charge in [0.1, 0.15) is 0 Å². The Morgan fingerprint density at radius 2 is 1.65 bits per heavy atom. The Morgan fingerprint density at radius 3 is 2.35 bits per heavy atom. The zero-order valence-corrected chi connectivity index (χ0v) is 12.9. The summed E-state index contributed by atoms with van der Waals surface area (Å²) in [6.07, 6.45) is 8.95. The third-order valence-electron chi connectivity index (χ3n) is 5.13. The molecule has 0 aromatic heterocycles. The van der Waals surface area contributed by atoms with E-state index in [4.69, 9.17) is 0 Å². The highest BCUT2D eigenvalue weighted by atomic mass is 16.2. The van der Waals surface area contributed by atoms with Gasteiger partial charge in [-0.15, -0.1) is 0 Å². The number of carbonyl (C=O) groups excluding carboxylic acids is 1. The van der Waals surface area contributed by atoms with E-state index in [-0.39, 0.29) is 6.03 Å². The Hall–Kier alpha value is -0.770. The number of urea groups is 1. The molecule has 2 fully saturated rings. The van der Waals surface area contributed by atoms with Gasteiger partial charge < -0.3 is 16.0 Å². The van der Waals surface area contributed by atoms with Crippen LogP contribution >= 0.6 is 0 Å². The van der Waals surface area contributed by atoms with Gasteiger partial charge in [0.2, 0.25) is 0 Å². The molecule has 0 aromatic carbocycles. The number of carbonyl (C=O) groups is 1. The summed E-state index contributed by atoms with van der Waals surface area (Å²) in [5.41, 5.74) is 0. The Bertz CT molecular complexity index is 289. The predicted octanol–water partition coefficient (Wildman–Crippen LogP) is 2.50. The molecule has 1 saturated heterocycles. The van der Waals surface area contributed by atoms with Gasteiger partial charge >= 0.3 is 6.03 Å². The molecule has 3 N–H and O–H groups in total. The van der Waals surface area contributed by atoms with Gasteiger partial charge in [-0.2, -0.15) is 0 Å². The number of amides is 2. The molecular weight excluding hydrogens is 250 g/mol. The monoisotopic (exact) mass is 281 g/mol. The highest BCUT2D eigenvalue weighted by Gasteiger charge is 2.23. The van der Waals surface area contributed by atoms with Gasteiger partial charge in [-0.3, -0.25) is 0 Å². The van der Waals surface area contributed by atoms with Crippen molar-refractivity contribution >= 4 is 6.03 Å². The third kappa shape index (κ3) is 4.97. The number of rotatable bonds is 5. The van der Waals surface area contributed by atoms with E-state index in [2.05, 4.69) is 22.9 Å². The maximum Gasteiger partial charge on any atom is 0.314 e. The van der Waals surface area contributed by atoms with Crippen LogP contribution in [-0.4, -0.2) is 32.2 Å². The summed E-state index contributed by atoms with van der Waals surface area (Å²) in [5.74, 6) is 2.16. The number of nitrogens with one attached hydrogen (secondary N) is 3. The van der Waals surface area contributed by atoms with Gasteiger partial charge in [0.05, 0.1) is 0 Å². The third-order valence-corrected chi connectivity index (χ3v) is 5.13. The summed E-state index contributed by atoms with van der Waals surface area (Å²) in [4.78, 5) is 11.9. The summed E-state index contributed by atoms with van der Waals surface area (Å²) in [6, 6.07) is 0.0314. The fourth-order valence-electron chi connectivity index (χ4n) is 3.70. The molecule has 0 bridgehead atoms. The first-order valence-electron chi connectivity index (χ1n) is 8.52. The van der Waals surface area contributed by atoms with E-state index in [9.17, 15) is 4.79 Å². The molecule has 116 valence electrons. The summed E-state index contributed by atoms with van der Waals surface area (Å²) in [5, 5.41) is 9.49. The second-order valence-electron chi connectivity index (χ2n) is 6.50. The zero-order valence-electron chi connectivity index (χ0n) is 12.9. The van der Waals surface area contributed by atoms with Gasteiger partial charge in [-0.25, -0.2) is 4.79 Å². The minimum absolute atomic E-state index is 0.0314. The van der Waals surface area contributed by atoms with E-state index in [0.717, 1.165) is 32.1 Å². The quantitative estimate of drug-likeness (QED) is 0.725. The number of hydrogen-bond donors (Lipinski definition) is 3. The van der Waals surface area contributed by atoms with Crippen LogP contribution in [0.3, 0.4) is 0 Å². The van der Waals surface area contributed by atoms with E-state index in [1.54, 1.807) is 0 Å². The van der Waals surface area contributed by atoms with Crippen molar-refractivity contribution in [2.45, 2.75) is 51.9 Å². The maximum atomic E-state index is 11.9. The average Bonchev–Trinajstić information content (AvgIpc) is 2.52. The van der Waals surface area contributed by atoms with Crippen LogP contribution in [0.4, 0.5) is 4.79 Å². The largest absolute Gasteiger partial charge is 0.338 e. The maximum absolute atomic E-state index is 11.9. The van der Waals surface area contributed by atoms with E-state index in [0.29, 0.717) is 11.8 Å². The molecule has 2 amide bonds. The van der Waals surface area contributed by atoms with Gasteiger partial charge in [0, 0.05) is 13.1 Å². The second-order valence-corrected chi connectivity index (χ2v) is 6.50. The van der Waals surface area contributed by atoms with Crippen LogP contribution in [-0.2, 0) is 0 Å². The smallest absolute Gasteiger partial charge is 0.314 e. The SMILES string of the molecule is CCC1CCCCC1CNC(=O)NCC1CCNCC1. The van der Waals surface area contributed by atoms with Crippen molar-refractivity contribution in [3.8, 4) is 0 Å². The zero-order chi connectivity index (χ0) is 14.2. The van der Waals surface area contributed by atoms with Crippen LogP contribution in [0.25, 0.3) is 0 Å². The predicted molar refractivity (Wildman–Crippen MR) is 82.7 cm³/mol. The van der Waals surface area contributed by atoms with Crippen LogP contribution in [0.1, 0.15) is 51.9 Å².